The summed E-state index contributed by atoms with van der Waals surface area (Å²) in [5.41, 5.74) is 1.86. The second kappa shape index (κ2) is 5.38. The van der Waals surface area contributed by atoms with Crippen LogP contribution < -0.4 is 5.32 Å². The smallest absolute Gasteiger partial charge is 0.274 e. The zero-order valence-electron chi connectivity index (χ0n) is 11.8. The molecule has 0 unspecified atom stereocenters. The minimum atomic E-state index is -0.339. The number of nitrogens with zero attached hydrogens (tertiary/aromatic N) is 1. The Balaban J connectivity index is 2.87. The number of nitrogens with one attached hydrogen (secondary N) is 1. The van der Waals surface area contributed by atoms with Gasteiger partial charge in [0.15, 0.2) is 0 Å². The summed E-state index contributed by atoms with van der Waals surface area (Å²) in [6.45, 7) is 11.3. The first-order chi connectivity index (χ1) is 8.25. The Bertz CT molecular complexity index is 439. The standard InChI is InChI=1S/C14H22N2O2/c1-10(2)14(4,5)9-15-12-7-6-8-13(11(12)3)16(17)18/h6-8,10,15H,9H2,1-5H3. The van der Waals surface area contributed by atoms with Crippen molar-refractivity contribution in [3.05, 3.63) is 33.9 Å². The van der Waals surface area contributed by atoms with Crippen LogP contribution >= 0.6 is 0 Å². The fraction of sp³-hybridized carbons (Fsp3) is 0.571. The molecule has 0 saturated carbocycles. The van der Waals surface area contributed by atoms with Gasteiger partial charge in [0.1, 0.15) is 0 Å². The van der Waals surface area contributed by atoms with Crippen LogP contribution in [0.15, 0.2) is 18.2 Å². The predicted octanol–water partition coefficient (Wildman–Crippen LogP) is 4.00. The van der Waals surface area contributed by atoms with E-state index in [1.807, 2.05) is 6.07 Å². The monoisotopic (exact) mass is 250 g/mol. The highest BCUT2D eigenvalue weighted by molar-refractivity contribution is 5.59. The molecule has 0 aromatic heterocycles. The maximum Gasteiger partial charge on any atom is 0.274 e. The van der Waals surface area contributed by atoms with Gasteiger partial charge in [-0.15, -0.1) is 0 Å². The Kier molecular flexibility index (Phi) is 4.33. The van der Waals surface area contributed by atoms with E-state index in [1.54, 1.807) is 13.0 Å². The molecule has 0 aliphatic carbocycles. The third-order valence-corrected chi connectivity index (χ3v) is 3.80. The summed E-state index contributed by atoms with van der Waals surface area (Å²) in [6.07, 6.45) is 0. The predicted molar refractivity (Wildman–Crippen MR) is 74.9 cm³/mol. The summed E-state index contributed by atoms with van der Waals surface area (Å²) in [4.78, 5) is 10.5. The molecule has 0 radical (unpaired) electrons. The van der Waals surface area contributed by atoms with Crippen molar-refractivity contribution in [3.63, 3.8) is 0 Å². The second-order valence-corrected chi connectivity index (χ2v) is 5.70. The van der Waals surface area contributed by atoms with E-state index >= 15 is 0 Å². The molecule has 0 spiro atoms. The van der Waals surface area contributed by atoms with Gasteiger partial charge < -0.3 is 5.32 Å². The lowest BCUT2D eigenvalue weighted by Crippen LogP contribution is -2.28. The zero-order valence-corrected chi connectivity index (χ0v) is 11.8. The molecule has 0 heterocycles. The number of hydrogen-bond acceptors (Lipinski definition) is 3. The number of nitro groups is 1. The second-order valence-electron chi connectivity index (χ2n) is 5.70. The van der Waals surface area contributed by atoms with Gasteiger partial charge in [0, 0.05) is 23.9 Å². The van der Waals surface area contributed by atoms with Gasteiger partial charge in [-0.1, -0.05) is 33.8 Å². The van der Waals surface area contributed by atoms with E-state index in [0.29, 0.717) is 11.5 Å². The minimum absolute atomic E-state index is 0.150. The normalized spacial score (nSPS) is 11.7. The molecule has 0 bridgehead atoms. The molecule has 1 aromatic carbocycles. The molecular weight excluding hydrogens is 228 g/mol. The van der Waals surface area contributed by atoms with Crippen molar-refractivity contribution in [2.24, 2.45) is 11.3 Å². The van der Waals surface area contributed by atoms with Crippen LogP contribution in [0.25, 0.3) is 0 Å². The van der Waals surface area contributed by atoms with Gasteiger partial charge in [-0.3, -0.25) is 10.1 Å². The van der Waals surface area contributed by atoms with Gasteiger partial charge in [-0.2, -0.15) is 0 Å². The van der Waals surface area contributed by atoms with E-state index < -0.39 is 0 Å². The van der Waals surface area contributed by atoms with Crippen LogP contribution in [-0.4, -0.2) is 11.5 Å². The van der Waals surface area contributed by atoms with Crippen molar-refractivity contribution in [3.8, 4) is 0 Å². The molecule has 0 atom stereocenters. The van der Waals surface area contributed by atoms with Gasteiger partial charge >= 0.3 is 0 Å². The summed E-state index contributed by atoms with van der Waals surface area (Å²) < 4.78 is 0. The Labute approximate surface area is 109 Å². The number of hydrogen-bond donors (Lipinski definition) is 1. The molecule has 0 fully saturated rings. The number of nitro benzene ring substituents is 1. The fourth-order valence-corrected chi connectivity index (χ4v) is 1.54. The Morgan fingerprint density at radius 3 is 2.50 bits per heavy atom. The summed E-state index contributed by atoms with van der Waals surface area (Å²) in [7, 11) is 0. The third-order valence-electron chi connectivity index (χ3n) is 3.80. The summed E-state index contributed by atoms with van der Waals surface area (Å²) >= 11 is 0. The lowest BCUT2D eigenvalue weighted by atomic mass is 9.81. The molecule has 1 rings (SSSR count). The summed E-state index contributed by atoms with van der Waals surface area (Å²) in [6, 6.07) is 5.14. The first-order valence-electron chi connectivity index (χ1n) is 6.23. The lowest BCUT2D eigenvalue weighted by molar-refractivity contribution is -0.385. The van der Waals surface area contributed by atoms with Gasteiger partial charge in [-0.25, -0.2) is 0 Å². The Morgan fingerprint density at radius 2 is 2.00 bits per heavy atom. The summed E-state index contributed by atoms with van der Waals surface area (Å²) in [5.74, 6) is 0.545. The van der Waals surface area contributed by atoms with E-state index in [1.165, 1.54) is 6.07 Å². The van der Waals surface area contributed by atoms with Crippen LogP contribution in [0.3, 0.4) is 0 Å². The van der Waals surface area contributed by atoms with E-state index in [-0.39, 0.29) is 16.0 Å². The van der Waals surface area contributed by atoms with Gasteiger partial charge in [0.2, 0.25) is 0 Å². The molecule has 1 N–H and O–H groups in total. The van der Waals surface area contributed by atoms with Crippen molar-refractivity contribution >= 4 is 11.4 Å². The largest absolute Gasteiger partial charge is 0.384 e. The lowest BCUT2D eigenvalue weighted by Gasteiger charge is -2.30. The molecular formula is C14H22N2O2. The molecule has 4 nitrogen and oxygen atoms in total. The molecule has 100 valence electrons. The fourth-order valence-electron chi connectivity index (χ4n) is 1.54. The molecule has 0 aliphatic rings. The maximum absolute atomic E-state index is 10.9. The highest BCUT2D eigenvalue weighted by Gasteiger charge is 2.22. The van der Waals surface area contributed by atoms with Crippen molar-refractivity contribution < 1.29 is 4.92 Å². The van der Waals surface area contributed by atoms with Crippen LogP contribution in [0.1, 0.15) is 33.3 Å². The first kappa shape index (κ1) is 14.5. The quantitative estimate of drug-likeness (QED) is 0.634. The van der Waals surface area contributed by atoms with E-state index in [9.17, 15) is 10.1 Å². The highest BCUT2D eigenvalue weighted by atomic mass is 16.6. The molecule has 0 amide bonds. The van der Waals surface area contributed by atoms with E-state index in [0.717, 1.165) is 12.2 Å². The van der Waals surface area contributed by atoms with Crippen molar-refractivity contribution in [1.29, 1.82) is 0 Å². The van der Waals surface area contributed by atoms with Crippen LogP contribution in [0.4, 0.5) is 11.4 Å². The SMILES string of the molecule is Cc1c(NCC(C)(C)C(C)C)cccc1[N+](=O)[O-]. The number of anilines is 1. The average Bonchev–Trinajstić information content (AvgIpc) is 2.27. The Hall–Kier alpha value is -1.58. The minimum Gasteiger partial charge on any atom is -0.384 e. The van der Waals surface area contributed by atoms with Gasteiger partial charge in [-0.05, 0) is 24.3 Å². The van der Waals surface area contributed by atoms with E-state index in [4.69, 9.17) is 0 Å². The van der Waals surface area contributed by atoms with Crippen LogP contribution in [0.2, 0.25) is 0 Å². The van der Waals surface area contributed by atoms with Gasteiger partial charge in [0.25, 0.3) is 5.69 Å². The van der Waals surface area contributed by atoms with Gasteiger partial charge in [0.05, 0.1) is 4.92 Å². The first-order valence-corrected chi connectivity index (χ1v) is 6.23. The number of rotatable bonds is 5. The topological polar surface area (TPSA) is 55.2 Å². The average molecular weight is 250 g/mol. The van der Waals surface area contributed by atoms with Crippen LogP contribution in [0, 0.1) is 28.4 Å². The zero-order chi connectivity index (χ0) is 13.9. The maximum atomic E-state index is 10.9. The third kappa shape index (κ3) is 3.22. The van der Waals surface area contributed by atoms with Crippen molar-refractivity contribution in [1.82, 2.24) is 0 Å². The molecule has 1 aromatic rings. The number of benzene rings is 1. The highest BCUT2D eigenvalue weighted by Crippen LogP contribution is 2.29. The Morgan fingerprint density at radius 1 is 1.39 bits per heavy atom. The van der Waals surface area contributed by atoms with Crippen LogP contribution in [0.5, 0.6) is 0 Å². The van der Waals surface area contributed by atoms with Crippen LogP contribution in [-0.2, 0) is 0 Å². The van der Waals surface area contributed by atoms with Crippen molar-refractivity contribution in [2.75, 3.05) is 11.9 Å². The van der Waals surface area contributed by atoms with Crippen molar-refractivity contribution in [2.45, 2.75) is 34.6 Å². The molecule has 0 aliphatic heterocycles. The molecule has 18 heavy (non-hydrogen) atoms. The summed E-state index contributed by atoms with van der Waals surface area (Å²) in [5, 5.41) is 14.2. The molecule has 4 heteroatoms. The van der Waals surface area contributed by atoms with E-state index in [2.05, 4.69) is 33.0 Å². The molecule has 0 saturated heterocycles.